The van der Waals surface area contributed by atoms with E-state index in [4.69, 9.17) is 11.6 Å². The Morgan fingerprint density at radius 1 is 1.40 bits per heavy atom. The van der Waals surface area contributed by atoms with Gasteiger partial charge in [0.1, 0.15) is 0 Å². The largest absolute Gasteiger partial charge is 0.122 e. The molecule has 2 atom stereocenters. The lowest BCUT2D eigenvalue weighted by Gasteiger charge is -2.14. The molecule has 0 radical (unpaired) electrons. The van der Waals surface area contributed by atoms with Gasteiger partial charge >= 0.3 is 0 Å². The van der Waals surface area contributed by atoms with E-state index in [1.165, 1.54) is 5.57 Å². The molecule has 0 saturated carbocycles. The third-order valence-electron chi connectivity index (χ3n) is 1.33. The van der Waals surface area contributed by atoms with E-state index in [2.05, 4.69) is 63.4 Å². The van der Waals surface area contributed by atoms with Crippen LogP contribution in [0.3, 0.4) is 0 Å². The van der Waals surface area contributed by atoms with Crippen LogP contribution in [-0.2, 0) is 0 Å². The average molecular weight is 380 g/mol. The predicted octanol–water partition coefficient (Wildman–Crippen LogP) is 3.33. The molecule has 0 bridgehead atoms. The van der Waals surface area contributed by atoms with Gasteiger partial charge in [0.15, 0.2) is 0 Å². The van der Waals surface area contributed by atoms with Crippen molar-refractivity contribution in [1.29, 1.82) is 0 Å². The molecule has 0 aromatic rings. The van der Waals surface area contributed by atoms with E-state index in [9.17, 15) is 0 Å². The van der Waals surface area contributed by atoms with Crippen LogP contribution < -0.4 is 0 Å². The molecule has 0 spiro atoms. The van der Waals surface area contributed by atoms with Gasteiger partial charge in [0, 0.05) is 13.7 Å². The van der Waals surface area contributed by atoms with E-state index in [0.717, 1.165) is 0 Å². The van der Waals surface area contributed by atoms with Crippen LogP contribution in [0, 0.1) is 0 Å². The molecule has 0 N–H and O–H groups in total. The van der Waals surface area contributed by atoms with E-state index in [-0.39, 0.29) is 0 Å². The Morgan fingerprint density at radius 3 is 2.60 bits per heavy atom. The van der Waals surface area contributed by atoms with Gasteiger partial charge in [-0.15, -0.1) is 11.6 Å². The second-order valence-electron chi connectivity index (χ2n) is 2.12. The number of alkyl halides is 3. The number of hydrogen-bond donors (Lipinski definition) is 0. The van der Waals surface area contributed by atoms with Crippen molar-refractivity contribution in [3.05, 3.63) is 23.8 Å². The number of rotatable bonds is 1. The molecule has 0 nitrogen and oxygen atoms in total. The van der Waals surface area contributed by atoms with Crippen molar-refractivity contribution in [2.45, 2.75) is 7.85 Å². The first kappa shape index (κ1) is 9.32. The van der Waals surface area contributed by atoms with Gasteiger partial charge in [-0.1, -0.05) is 63.4 Å². The summed E-state index contributed by atoms with van der Waals surface area (Å²) in [5, 5.41) is 0. The summed E-state index contributed by atoms with van der Waals surface area (Å²) in [6.45, 7) is 0. The van der Waals surface area contributed by atoms with Gasteiger partial charge in [-0.2, -0.15) is 0 Å². The highest BCUT2D eigenvalue weighted by Gasteiger charge is 2.13. The minimum Gasteiger partial charge on any atom is -0.122 e. The summed E-state index contributed by atoms with van der Waals surface area (Å²) >= 11 is 10.5. The van der Waals surface area contributed by atoms with E-state index in [0.29, 0.717) is 13.7 Å². The Morgan fingerprint density at radius 2 is 2.10 bits per heavy atom. The van der Waals surface area contributed by atoms with Crippen molar-refractivity contribution in [2.75, 3.05) is 5.88 Å². The highest BCUT2D eigenvalue weighted by molar-refractivity contribution is 14.1. The molecule has 1 rings (SSSR count). The number of hydrogen-bond acceptors (Lipinski definition) is 0. The van der Waals surface area contributed by atoms with Gasteiger partial charge in [-0.3, -0.25) is 0 Å². The molecule has 0 aliphatic heterocycles. The van der Waals surface area contributed by atoms with Crippen molar-refractivity contribution in [2.24, 2.45) is 0 Å². The molecule has 2 unspecified atom stereocenters. The van der Waals surface area contributed by atoms with Gasteiger partial charge in [0.05, 0.1) is 0 Å². The smallest absolute Gasteiger partial charge is 0.0471 e. The zero-order chi connectivity index (χ0) is 7.56. The molecular weight excluding hydrogens is 373 g/mol. The van der Waals surface area contributed by atoms with Crippen LogP contribution >= 0.6 is 56.8 Å². The zero-order valence-electron chi connectivity index (χ0n) is 5.23. The maximum atomic E-state index is 5.67. The van der Waals surface area contributed by atoms with Crippen LogP contribution in [0.1, 0.15) is 0 Å². The summed E-state index contributed by atoms with van der Waals surface area (Å²) in [4.78, 5) is 0. The van der Waals surface area contributed by atoms with E-state index >= 15 is 0 Å². The third kappa shape index (κ3) is 2.37. The molecule has 0 amide bonds. The fourth-order valence-corrected chi connectivity index (χ4v) is 2.06. The van der Waals surface area contributed by atoms with E-state index in [1.54, 1.807) is 0 Å². The molecule has 0 saturated heterocycles. The molecule has 56 valence electrons. The first-order valence-corrected chi connectivity index (χ1v) is 5.99. The Bertz CT molecular complexity index is 174. The molecule has 0 fully saturated rings. The van der Waals surface area contributed by atoms with Crippen LogP contribution in [0.5, 0.6) is 0 Å². The molecule has 0 aromatic heterocycles. The van der Waals surface area contributed by atoms with Crippen LogP contribution in [-0.4, -0.2) is 13.7 Å². The number of allylic oxidation sites excluding steroid dienone is 4. The Hall–Kier alpha value is 1.23. The molecule has 10 heavy (non-hydrogen) atoms. The lowest BCUT2D eigenvalue weighted by Crippen LogP contribution is -2.12. The fraction of sp³-hybridized carbons (Fsp3) is 0.429. The molecule has 1 aliphatic rings. The van der Waals surface area contributed by atoms with Gasteiger partial charge < -0.3 is 0 Å². The summed E-state index contributed by atoms with van der Waals surface area (Å²) in [7, 11) is 0. The molecule has 1 aliphatic carbocycles. The average Bonchev–Trinajstić information content (AvgIpc) is 1.95. The highest BCUT2D eigenvalue weighted by atomic mass is 127. The maximum absolute atomic E-state index is 5.67. The predicted molar refractivity (Wildman–Crippen MR) is 63.6 cm³/mol. The van der Waals surface area contributed by atoms with Gasteiger partial charge in [-0.25, -0.2) is 0 Å². The van der Waals surface area contributed by atoms with Crippen molar-refractivity contribution in [1.82, 2.24) is 0 Å². The normalized spacial score (nSPS) is 32.1. The highest BCUT2D eigenvalue weighted by Crippen LogP contribution is 2.24. The van der Waals surface area contributed by atoms with Gasteiger partial charge in [-0.05, 0) is 5.57 Å². The minimum atomic E-state index is 0.608. The lowest BCUT2D eigenvalue weighted by molar-refractivity contribution is 1.12. The maximum Gasteiger partial charge on any atom is 0.0471 e. The van der Waals surface area contributed by atoms with Crippen molar-refractivity contribution >= 4 is 56.8 Å². The van der Waals surface area contributed by atoms with Gasteiger partial charge in [0.25, 0.3) is 0 Å². The lowest BCUT2D eigenvalue weighted by atomic mass is 10.1. The topological polar surface area (TPSA) is 0 Å². The summed E-state index contributed by atoms with van der Waals surface area (Å²) in [5.74, 6) is 0.638. The Balaban J connectivity index is 2.66. The standard InChI is InChI=1S/C7H7ClI2/c8-4-5-1-2-6(9)7(10)3-5/h1-3,6-7H,4H2. The molecular formula is C7H7ClI2. The Kier molecular flexibility index (Phi) is 4.01. The summed E-state index contributed by atoms with van der Waals surface area (Å²) in [6.07, 6.45) is 6.54. The van der Waals surface area contributed by atoms with Gasteiger partial charge in [0.2, 0.25) is 0 Å². The van der Waals surface area contributed by atoms with E-state index in [1.807, 2.05) is 0 Å². The van der Waals surface area contributed by atoms with Crippen LogP contribution in [0.2, 0.25) is 0 Å². The zero-order valence-corrected chi connectivity index (χ0v) is 10.3. The van der Waals surface area contributed by atoms with Crippen LogP contribution in [0.4, 0.5) is 0 Å². The molecule has 0 aromatic carbocycles. The second-order valence-corrected chi connectivity index (χ2v) is 5.27. The first-order valence-electron chi connectivity index (χ1n) is 2.97. The monoisotopic (exact) mass is 380 g/mol. The summed E-state index contributed by atoms with van der Waals surface area (Å²) < 4.78 is 1.24. The van der Waals surface area contributed by atoms with Crippen molar-refractivity contribution in [3.8, 4) is 0 Å². The third-order valence-corrected chi connectivity index (χ3v) is 5.34. The summed E-state index contributed by atoms with van der Waals surface area (Å²) in [5.41, 5.74) is 1.24. The molecule has 3 heteroatoms. The van der Waals surface area contributed by atoms with Crippen LogP contribution in [0.15, 0.2) is 23.8 Å². The quantitative estimate of drug-likeness (QED) is 0.484. The Labute approximate surface area is 93.4 Å². The SMILES string of the molecule is ClCC1=CC(I)C(I)C=C1. The van der Waals surface area contributed by atoms with Crippen LogP contribution in [0.25, 0.3) is 0 Å². The van der Waals surface area contributed by atoms with Crippen molar-refractivity contribution in [3.63, 3.8) is 0 Å². The second kappa shape index (κ2) is 4.30. The fourth-order valence-electron chi connectivity index (χ4n) is 0.763. The molecule has 0 heterocycles. The summed E-state index contributed by atoms with van der Waals surface area (Å²) in [6, 6.07) is 0. The van der Waals surface area contributed by atoms with Crippen molar-refractivity contribution < 1.29 is 0 Å². The van der Waals surface area contributed by atoms with E-state index < -0.39 is 0 Å². The first-order chi connectivity index (χ1) is 4.74. The number of halogens is 3. The minimum absolute atomic E-state index is 0.608.